The van der Waals surface area contributed by atoms with E-state index in [0.717, 1.165) is 12.1 Å². The van der Waals surface area contributed by atoms with Gasteiger partial charge in [-0.3, -0.25) is 0 Å². The van der Waals surface area contributed by atoms with Crippen LogP contribution in [-0.4, -0.2) is 49.9 Å². The number of aromatic nitrogens is 4. The fourth-order valence-electron chi connectivity index (χ4n) is 3.58. The summed E-state index contributed by atoms with van der Waals surface area (Å²) in [7, 11) is 0. The zero-order valence-corrected chi connectivity index (χ0v) is 17.5. The molecule has 3 aromatic rings. The first-order chi connectivity index (χ1) is 15.4. The van der Waals surface area contributed by atoms with Crippen LogP contribution in [0, 0.1) is 23.0 Å². The van der Waals surface area contributed by atoms with E-state index in [9.17, 15) is 18.8 Å². The number of carbonyl (C=O) groups is 1. The van der Waals surface area contributed by atoms with Crippen molar-refractivity contribution in [2.45, 2.75) is 38.8 Å². The van der Waals surface area contributed by atoms with E-state index < -0.39 is 17.4 Å². The summed E-state index contributed by atoms with van der Waals surface area (Å²) in [4.78, 5) is 22.0. The van der Waals surface area contributed by atoms with Gasteiger partial charge in [0, 0.05) is 13.1 Å². The number of piperidine rings is 1. The van der Waals surface area contributed by atoms with Gasteiger partial charge in [-0.1, -0.05) is 0 Å². The van der Waals surface area contributed by atoms with Gasteiger partial charge < -0.3 is 14.4 Å². The second-order valence-corrected chi connectivity index (χ2v) is 7.61. The Balaban J connectivity index is 1.57. The summed E-state index contributed by atoms with van der Waals surface area (Å²) >= 11 is 0. The van der Waals surface area contributed by atoms with Gasteiger partial charge in [0.25, 0.3) is 0 Å². The van der Waals surface area contributed by atoms with Crippen LogP contribution in [0.25, 0.3) is 11.0 Å². The van der Waals surface area contributed by atoms with Crippen molar-refractivity contribution >= 4 is 17.1 Å². The van der Waals surface area contributed by atoms with E-state index in [0.29, 0.717) is 37.0 Å². The molecule has 0 saturated carbocycles. The van der Waals surface area contributed by atoms with Crippen molar-refractivity contribution in [1.29, 1.82) is 5.26 Å². The molecule has 11 heteroatoms. The average Bonchev–Trinajstić information content (AvgIpc) is 3.22. The largest absolute Gasteiger partial charge is 0.447 e. The second kappa shape index (κ2) is 8.74. The van der Waals surface area contributed by atoms with Gasteiger partial charge in [0.15, 0.2) is 17.2 Å². The lowest BCUT2D eigenvalue weighted by atomic mass is 10.1. The third-order valence-electron chi connectivity index (χ3n) is 5.13. The number of halogens is 2. The molecule has 2 aromatic heterocycles. The van der Waals surface area contributed by atoms with Crippen LogP contribution in [0.5, 0.6) is 11.6 Å². The van der Waals surface area contributed by atoms with E-state index in [1.54, 1.807) is 29.5 Å². The van der Waals surface area contributed by atoms with Crippen LogP contribution in [0.3, 0.4) is 0 Å². The summed E-state index contributed by atoms with van der Waals surface area (Å²) < 4.78 is 40.4. The van der Waals surface area contributed by atoms with Crippen LogP contribution in [0.2, 0.25) is 0 Å². The molecule has 0 N–H and O–H groups in total. The van der Waals surface area contributed by atoms with Gasteiger partial charge in [0.2, 0.25) is 11.7 Å². The first kappa shape index (κ1) is 21.4. The fraction of sp³-hybridized carbons (Fsp3) is 0.381. The molecule has 0 atom stereocenters. The number of amides is 1. The highest BCUT2D eigenvalue weighted by molar-refractivity contribution is 5.80. The number of fused-ring (bicyclic) bond motifs is 1. The Morgan fingerprint density at radius 3 is 2.69 bits per heavy atom. The maximum atomic E-state index is 14.3. The number of hydrogen-bond acceptors (Lipinski definition) is 7. The maximum Gasteiger partial charge on any atom is 0.410 e. The molecule has 1 fully saturated rings. The molecule has 0 spiro atoms. The molecular weight excluding hydrogens is 422 g/mol. The van der Waals surface area contributed by atoms with E-state index in [4.69, 9.17) is 9.47 Å². The number of nitriles is 1. The summed E-state index contributed by atoms with van der Waals surface area (Å²) in [5.74, 6) is -3.00. The average molecular weight is 442 g/mol. The second-order valence-electron chi connectivity index (χ2n) is 7.61. The Bertz CT molecular complexity index is 1200. The van der Waals surface area contributed by atoms with Crippen molar-refractivity contribution in [3.63, 3.8) is 0 Å². The Morgan fingerprint density at radius 2 is 2.00 bits per heavy atom. The van der Waals surface area contributed by atoms with Gasteiger partial charge in [-0.05, 0) is 38.8 Å². The van der Waals surface area contributed by atoms with Crippen molar-refractivity contribution in [3.05, 3.63) is 41.9 Å². The minimum absolute atomic E-state index is 0.0288. The summed E-state index contributed by atoms with van der Waals surface area (Å²) in [6, 6.07) is 3.74. The van der Waals surface area contributed by atoms with Crippen LogP contribution < -0.4 is 4.74 Å². The Hall–Kier alpha value is -3.81. The van der Waals surface area contributed by atoms with Crippen LogP contribution >= 0.6 is 0 Å². The van der Waals surface area contributed by atoms with Gasteiger partial charge in [0.1, 0.15) is 17.8 Å². The maximum absolute atomic E-state index is 14.3. The fourth-order valence-corrected chi connectivity index (χ4v) is 3.58. The van der Waals surface area contributed by atoms with E-state index in [1.807, 2.05) is 0 Å². The number of likely N-dealkylation sites (tertiary alicyclic amines) is 1. The molecular formula is C21H20F2N6O3. The number of nitrogens with zero attached hydrogens (tertiary/aromatic N) is 6. The third kappa shape index (κ3) is 4.03. The monoisotopic (exact) mass is 442 g/mol. The molecule has 1 saturated heterocycles. The topological polar surface area (TPSA) is 106 Å². The summed E-state index contributed by atoms with van der Waals surface area (Å²) in [5.41, 5.74) is 0.289. The molecule has 0 bridgehead atoms. The Labute approximate surface area is 182 Å². The minimum Gasteiger partial charge on any atom is -0.447 e. The minimum atomic E-state index is -1.27. The summed E-state index contributed by atoms with van der Waals surface area (Å²) in [6.45, 7) is 4.61. The third-order valence-corrected chi connectivity index (χ3v) is 5.13. The quantitative estimate of drug-likeness (QED) is 0.602. The molecule has 4 rings (SSSR count). The molecule has 3 heterocycles. The van der Waals surface area contributed by atoms with Crippen molar-refractivity contribution in [2.24, 2.45) is 0 Å². The number of carbonyl (C=O) groups excluding carboxylic acids is 1. The SMILES string of the molecule is CC(C)OC(=O)N1CCC(n2ncc3c(Oc4c(C#N)ccc(F)c4F)ncnc32)CC1. The summed E-state index contributed by atoms with van der Waals surface area (Å²) in [6.07, 6.45) is 3.46. The first-order valence-corrected chi connectivity index (χ1v) is 10.1. The Morgan fingerprint density at radius 1 is 1.25 bits per heavy atom. The van der Waals surface area contributed by atoms with Crippen molar-refractivity contribution in [3.8, 4) is 17.7 Å². The first-order valence-electron chi connectivity index (χ1n) is 10.1. The molecule has 0 radical (unpaired) electrons. The van der Waals surface area contributed by atoms with Crippen molar-refractivity contribution < 1.29 is 23.0 Å². The van der Waals surface area contributed by atoms with Crippen LogP contribution in [-0.2, 0) is 4.74 Å². The standard InChI is InChI=1S/C21H20F2N6O3/c1-12(2)31-21(30)28-7-5-14(6-8-28)29-19-15(10-27-29)20(26-11-25-19)32-18-13(9-24)3-4-16(22)17(18)23/h3-4,10-12,14H,5-8H2,1-2H3. The lowest BCUT2D eigenvalue weighted by Crippen LogP contribution is -2.40. The number of ether oxygens (including phenoxy) is 2. The van der Waals surface area contributed by atoms with Crippen LogP contribution in [0.1, 0.15) is 38.3 Å². The van der Waals surface area contributed by atoms with Crippen LogP contribution in [0.15, 0.2) is 24.7 Å². The molecule has 32 heavy (non-hydrogen) atoms. The molecule has 1 aliphatic heterocycles. The molecule has 9 nitrogen and oxygen atoms in total. The predicted octanol–water partition coefficient (Wildman–Crippen LogP) is 3.95. The molecule has 1 aliphatic rings. The normalized spacial score (nSPS) is 14.6. The van der Waals surface area contributed by atoms with Crippen molar-refractivity contribution in [2.75, 3.05) is 13.1 Å². The molecule has 1 amide bonds. The van der Waals surface area contributed by atoms with E-state index in [2.05, 4.69) is 15.1 Å². The Kier molecular flexibility index (Phi) is 5.85. The molecule has 0 unspecified atom stereocenters. The van der Waals surface area contributed by atoms with E-state index in [1.165, 1.54) is 12.5 Å². The lowest BCUT2D eigenvalue weighted by Gasteiger charge is -2.31. The van der Waals surface area contributed by atoms with Gasteiger partial charge in [-0.25, -0.2) is 23.8 Å². The highest BCUT2D eigenvalue weighted by Gasteiger charge is 2.28. The number of rotatable bonds is 4. The van der Waals surface area contributed by atoms with E-state index in [-0.39, 0.29) is 29.7 Å². The number of benzene rings is 1. The smallest absolute Gasteiger partial charge is 0.410 e. The highest BCUT2D eigenvalue weighted by atomic mass is 19.2. The molecule has 0 aliphatic carbocycles. The predicted molar refractivity (Wildman–Crippen MR) is 108 cm³/mol. The van der Waals surface area contributed by atoms with Gasteiger partial charge >= 0.3 is 6.09 Å². The zero-order valence-electron chi connectivity index (χ0n) is 17.5. The zero-order chi connectivity index (χ0) is 22.8. The van der Waals surface area contributed by atoms with Crippen LogP contribution in [0.4, 0.5) is 13.6 Å². The molecule has 1 aromatic carbocycles. The van der Waals surface area contributed by atoms with Crippen molar-refractivity contribution in [1.82, 2.24) is 24.6 Å². The highest BCUT2D eigenvalue weighted by Crippen LogP contribution is 2.33. The number of hydrogen-bond donors (Lipinski definition) is 0. The lowest BCUT2D eigenvalue weighted by molar-refractivity contribution is 0.0656. The van der Waals surface area contributed by atoms with Gasteiger partial charge in [-0.15, -0.1) is 0 Å². The van der Waals surface area contributed by atoms with Gasteiger partial charge in [0.05, 0.1) is 23.9 Å². The van der Waals surface area contributed by atoms with Gasteiger partial charge in [-0.2, -0.15) is 14.8 Å². The van der Waals surface area contributed by atoms with E-state index >= 15 is 0 Å². The summed E-state index contributed by atoms with van der Waals surface area (Å²) in [5, 5.41) is 14.0. The molecule has 166 valence electrons.